The van der Waals surface area contributed by atoms with Gasteiger partial charge in [0, 0.05) is 10.6 Å². The highest BCUT2D eigenvalue weighted by atomic mass is 35.5. The van der Waals surface area contributed by atoms with Crippen LogP contribution in [0.2, 0.25) is 5.02 Å². The van der Waals surface area contributed by atoms with E-state index < -0.39 is 11.4 Å². The summed E-state index contributed by atoms with van der Waals surface area (Å²) in [4.78, 5) is 12.2. The molecule has 1 aliphatic carbocycles. The van der Waals surface area contributed by atoms with Crippen molar-refractivity contribution in [1.29, 1.82) is 0 Å². The number of amides is 1. The fraction of sp³-hybridized carbons (Fsp3) is 0.350. The van der Waals surface area contributed by atoms with Gasteiger partial charge in [-0.1, -0.05) is 23.7 Å². The minimum Gasteiger partial charge on any atom is -0.497 e. The lowest BCUT2D eigenvalue weighted by Crippen LogP contribution is -2.43. The van der Waals surface area contributed by atoms with Gasteiger partial charge in [-0.2, -0.15) is 0 Å². The topological polar surface area (TPSA) is 58.6 Å². The minimum absolute atomic E-state index is 0.0667. The molecule has 138 valence electrons. The summed E-state index contributed by atoms with van der Waals surface area (Å²) in [6, 6.07) is 9.87. The molecular weight excluding hydrogens is 357 g/mol. The van der Waals surface area contributed by atoms with E-state index in [4.69, 9.17) is 16.3 Å². The Balaban J connectivity index is 1.71. The molecule has 0 spiro atoms. The van der Waals surface area contributed by atoms with Gasteiger partial charge < -0.3 is 15.2 Å². The molecule has 4 nitrogen and oxygen atoms in total. The Morgan fingerprint density at radius 1 is 1.38 bits per heavy atom. The molecule has 1 unspecified atom stereocenters. The molecule has 0 bridgehead atoms. The summed E-state index contributed by atoms with van der Waals surface area (Å²) >= 11 is 5.96. The number of hydrogen-bond acceptors (Lipinski definition) is 3. The quantitative estimate of drug-likeness (QED) is 0.839. The van der Waals surface area contributed by atoms with Crippen LogP contribution >= 0.6 is 11.6 Å². The van der Waals surface area contributed by atoms with Gasteiger partial charge in [-0.15, -0.1) is 0 Å². The normalized spacial score (nSPS) is 18.9. The van der Waals surface area contributed by atoms with Crippen molar-refractivity contribution in [2.75, 3.05) is 13.7 Å². The molecule has 2 aromatic carbocycles. The van der Waals surface area contributed by atoms with Crippen molar-refractivity contribution in [1.82, 2.24) is 5.32 Å². The van der Waals surface area contributed by atoms with Gasteiger partial charge in [0.2, 0.25) is 5.91 Å². The van der Waals surface area contributed by atoms with Gasteiger partial charge >= 0.3 is 0 Å². The lowest BCUT2D eigenvalue weighted by atomic mass is 9.79. The van der Waals surface area contributed by atoms with Crippen LogP contribution in [-0.2, 0) is 23.2 Å². The Kier molecular flexibility index (Phi) is 5.49. The van der Waals surface area contributed by atoms with Crippen molar-refractivity contribution in [3.05, 3.63) is 63.9 Å². The highest BCUT2D eigenvalue weighted by Gasteiger charge is 2.34. The molecule has 0 saturated carbocycles. The number of aliphatic hydroxyl groups is 1. The average molecular weight is 378 g/mol. The molecule has 2 aromatic rings. The Hall–Kier alpha value is -2.11. The van der Waals surface area contributed by atoms with Crippen LogP contribution in [0.25, 0.3) is 0 Å². The number of carbonyl (C=O) groups excluding carboxylic acids is 1. The third-order valence-corrected chi connectivity index (χ3v) is 5.18. The number of nitrogens with one attached hydrogen (secondary N) is 1. The lowest BCUT2D eigenvalue weighted by molar-refractivity contribution is -0.122. The van der Waals surface area contributed by atoms with Gasteiger partial charge in [0.15, 0.2) is 0 Å². The second-order valence-corrected chi connectivity index (χ2v) is 6.97. The number of ether oxygens (including phenoxy) is 1. The summed E-state index contributed by atoms with van der Waals surface area (Å²) in [5.74, 6) is -0.154. The van der Waals surface area contributed by atoms with E-state index in [9.17, 15) is 14.3 Å². The number of carbonyl (C=O) groups is 1. The van der Waals surface area contributed by atoms with E-state index in [-0.39, 0.29) is 29.5 Å². The molecule has 0 radical (unpaired) electrons. The predicted molar refractivity (Wildman–Crippen MR) is 98.0 cm³/mol. The molecule has 0 aromatic heterocycles. The number of fused-ring (bicyclic) bond motifs is 1. The summed E-state index contributed by atoms with van der Waals surface area (Å²) in [5, 5.41) is 14.0. The van der Waals surface area contributed by atoms with E-state index in [1.54, 1.807) is 19.2 Å². The molecule has 1 atom stereocenters. The Morgan fingerprint density at radius 3 is 2.92 bits per heavy atom. The van der Waals surface area contributed by atoms with Crippen LogP contribution < -0.4 is 10.1 Å². The zero-order valence-electron chi connectivity index (χ0n) is 14.5. The van der Waals surface area contributed by atoms with Crippen molar-refractivity contribution in [2.45, 2.75) is 31.3 Å². The molecule has 3 rings (SSSR count). The second kappa shape index (κ2) is 7.64. The third-order valence-electron chi connectivity index (χ3n) is 4.83. The van der Waals surface area contributed by atoms with Crippen LogP contribution in [-0.4, -0.2) is 24.7 Å². The monoisotopic (exact) mass is 377 g/mol. The SMILES string of the molecule is COc1ccc2c(c1)CCCC2(O)CNC(=O)Cc1c(F)cccc1Cl. The smallest absolute Gasteiger partial charge is 0.224 e. The van der Waals surface area contributed by atoms with Gasteiger partial charge in [-0.05, 0) is 54.7 Å². The van der Waals surface area contributed by atoms with Crippen molar-refractivity contribution in [3.8, 4) is 5.75 Å². The molecular formula is C20H21ClFNO3. The summed E-state index contributed by atoms with van der Waals surface area (Å²) < 4.78 is 19.1. The highest BCUT2D eigenvalue weighted by Crippen LogP contribution is 2.36. The van der Waals surface area contributed by atoms with Gasteiger partial charge in [0.25, 0.3) is 0 Å². The maximum Gasteiger partial charge on any atom is 0.224 e. The number of benzene rings is 2. The first kappa shape index (κ1) is 18.7. The van der Waals surface area contributed by atoms with Crippen molar-refractivity contribution in [3.63, 3.8) is 0 Å². The second-order valence-electron chi connectivity index (χ2n) is 6.56. The summed E-state index contributed by atoms with van der Waals surface area (Å²) in [7, 11) is 1.60. The maximum atomic E-state index is 13.8. The van der Waals surface area contributed by atoms with Crippen LogP contribution in [0.15, 0.2) is 36.4 Å². The van der Waals surface area contributed by atoms with E-state index in [1.807, 2.05) is 12.1 Å². The Labute approximate surface area is 156 Å². The van der Waals surface area contributed by atoms with Gasteiger partial charge in [-0.25, -0.2) is 4.39 Å². The molecule has 0 heterocycles. The average Bonchev–Trinajstić information content (AvgIpc) is 2.63. The predicted octanol–water partition coefficient (Wildman–Crippen LogP) is 3.37. The molecule has 0 fully saturated rings. The lowest BCUT2D eigenvalue weighted by Gasteiger charge is -2.35. The maximum absolute atomic E-state index is 13.8. The summed E-state index contributed by atoms with van der Waals surface area (Å²) in [5.41, 5.74) is 0.833. The number of methoxy groups -OCH3 is 1. The van der Waals surface area contributed by atoms with Crippen LogP contribution in [0, 0.1) is 5.82 Å². The highest BCUT2D eigenvalue weighted by molar-refractivity contribution is 6.31. The fourth-order valence-electron chi connectivity index (χ4n) is 3.42. The number of halogens is 2. The van der Waals surface area contributed by atoms with E-state index in [0.717, 1.165) is 29.7 Å². The van der Waals surface area contributed by atoms with Gasteiger partial charge in [0.1, 0.15) is 17.2 Å². The van der Waals surface area contributed by atoms with Crippen molar-refractivity contribution in [2.24, 2.45) is 0 Å². The van der Waals surface area contributed by atoms with Crippen LogP contribution in [0.1, 0.15) is 29.5 Å². The standard InChI is InChI=1S/C20H21ClFNO3/c1-26-14-7-8-16-13(10-14)4-3-9-20(16,25)12-23-19(24)11-15-17(21)5-2-6-18(15)22/h2,5-8,10,25H,3-4,9,11-12H2,1H3,(H,23,24). The number of rotatable bonds is 5. The minimum atomic E-state index is -1.14. The Morgan fingerprint density at radius 2 is 2.19 bits per heavy atom. The largest absolute Gasteiger partial charge is 0.497 e. The van der Waals surface area contributed by atoms with Crippen LogP contribution in [0.5, 0.6) is 5.75 Å². The first-order valence-electron chi connectivity index (χ1n) is 8.52. The Bertz CT molecular complexity index is 806. The molecule has 0 saturated heterocycles. The van der Waals surface area contributed by atoms with Crippen molar-refractivity contribution < 1.29 is 19.0 Å². The van der Waals surface area contributed by atoms with E-state index in [0.29, 0.717) is 6.42 Å². The summed E-state index contributed by atoms with van der Waals surface area (Å²) in [6.07, 6.45) is 2.05. The van der Waals surface area contributed by atoms with Crippen LogP contribution in [0.3, 0.4) is 0 Å². The molecule has 1 amide bonds. The first-order valence-corrected chi connectivity index (χ1v) is 8.90. The number of aryl methyl sites for hydroxylation is 1. The molecule has 2 N–H and O–H groups in total. The van der Waals surface area contributed by atoms with E-state index in [2.05, 4.69) is 5.32 Å². The third kappa shape index (κ3) is 3.84. The molecule has 0 aliphatic heterocycles. The van der Waals surface area contributed by atoms with Gasteiger partial charge in [-0.3, -0.25) is 4.79 Å². The molecule has 1 aliphatic rings. The molecule has 26 heavy (non-hydrogen) atoms. The summed E-state index contributed by atoms with van der Waals surface area (Å²) in [6.45, 7) is 0.0667. The zero-order valence-corrected chi connectivity index (χ0v) is 15.3. The number of hydrogen-bond donors (Lipinski definition) is 2. The zero-order chi connectivity index (χ0) is 18.7. The fourth-order valence-corrected chi connectivity index (χ4v) is 3.65. The molecule has 6 heteroatoms. The van der Waals surface area contributed by atoms with E-state index >= 15 is 0 Å². The van der Waals surface area contributed by atoms with Crippen LogP contribution in [0.4, 0.5) is 4.39 Å². The first-order chi connectivity index (χ1) is 12.4. The van der Waals surface area contributed by atoms with Gasteiger partial charge in [0.05, 0.1) is 20.1 Å². The van der Waals surface area contributed by atoms with E-state index in [1.165, 1.54) is 12.1 Å². The van der Waals surface area contributed by atoms with Crippen molar-refractivity contribution >= 4 is 17.5 Å².